The standard InChI is InChI=1S/C27H26BrNO3/c1-4-13-29-24-8-6-5-7-21(24)22(27(29)30)14-20-15-25(31-3)26(16-23(20)28)32-17-19-11-9-18(2)10-12-19/h5-12,14-16H,4,13,17H2,1-3H3/b22-14-. The number of methoxy groups -OCH3 is 1. The third-order valence-electron chi connectivity index (χ3n) is 5.51. The van der Waals surface area contributed by atoms with Crippen LogP contribution in [-0.2, 0) is 11.4 Å². The van der Waals surface area contributed by atoms with Gasteiger partial charge in [-0.3, -0.25) is 4.79 Å². The van der Waals surface area contributed by atoms with Gasteiger partial charge in [-0.05, 0) is 48.7 Å². The Kier molecular flexibility index (Phi) is 6.66. The number of anilines is 1. The van der Waals surface area contributed by atoms with E-state index in [1.165, 1.54) is 5.56 Å². The van der Waals surface area contributed by atoms with Crippen LogP contribution in [0.25, 0.3) is 11.6 Å². The molecule has 0 saturated heterocycles. The van der Waals surface area contributed by atoms with Crippen molar-refractivity contribution in [2.45, 2.75) is 26.9 Å². The smallest absolute Gasteiger partial charge is 0.258 e. The molecular formula is C27H26BrNO3. The van der Waals surface area contributed by atoms with Gasteiger partial charge in [-0.15, -0.1) is 0 Å². The largest absolute Gasteiger partial charge is 0.493 e. The minimum Gasteiger partial charge on any atom is -0.493 e. The maximum atomic E-state index is 13.2. The lowest BCUT2D eigenvalue weighted by Gasteiger charge is -2.15. The number of halogens is 1. The van der Waals surface area contributed by atoms with E-state index >= 15 is 0 Å². The second-order valence-electron chi connectivity index (χ2n) is 7.83. The number of aryl methyl sites for hydroxylation is 1. The lowest BCUT2D eigenvalue weighted by atomic mass is 10.0. The minimum absolute atomic E-state index is 0.0265. The Morgan fingerprint density at radius 2 is 1.78 bits per heavy atom. The van der Waals surface area contributed by atoms with E-state index in [2.05, 4.69) is 54.0 Å². The predicted molar refractivity (Wildman–Crippen MR) is 133 cm³/mol. The average molecular weight is 492 g/mol. The molecule has 0 spiro atoms. The molecule has 4 nitrogen and oxygen atoms in total. The number of nitrogens with zero attached hydrogens (tertiary/aromatic N) is 1. The van der Waals surface area contributed by atoms with Crippen molar-refractivity contribution in [1.82, 2.24) is 0 Å². The maximum Gasteiger partial charge on any atom is 0.258 e. The number of hydrogen-bond donors (Lipinski definition) is 0. The minimum atomic E-state index is 0.0265. The topological polar surface area (TPSA) is 38.8 Å². The van der Waals surface area contributed by atoms with E-state index in [-0.39, 0.29) is 5.91 Å². The van der Waals surface area contributed by atoms with Crippen molar-refractivity contribution in [3.05, 3.63) is 87.4 Å². The van der Waals surface area contributed by atoms with Crippen LogP contribution in [0.3, 0.4) is 0 Å². The van der Waals surface area contributed by atoms with Crippen molar-refractivity contribution in [3.63, 3.8) is 0 Å². The molecule has 5 heteroatoms. The number of hydrogen-bond acceptors (Lipinski definition) is 3. The molecule has 4 rings (SSSR count). The van der Waals surface area contributed by atoms with E-state index in [4.69, 9.17) is 9.47 Å². The first-order chi connectivity index (χ1) is 15.5. The Balaban J connectivity index is 1.65. The Hall–Kier alpha value is -3.05. The zero-order chi connectivity index (χ0) is 22.7. The number of carbonyl (C=O) groups excluding carboxylic acids is 1. The zero-order valence-electron chi connectivity index (χ0n) is 18.5. The molecule has 0 unspecified atom stereocenters. The predicted octanol–water partition coefficient (Wildman–Crippen LogP) is 6.64. The third-order valence-corrected chi connectivity index (χ3v) is 6.19. The van der Waals surface area contributed by atoms with Crippen LogP contribution in [0.5, 0.6) is 11.5 Å². The van der Waals surface area contributed by atoms with Crippen LogP contribution in [-0.4, -0.2) is 19.6 Å². The molecule has 0 aliphatic carbocycles. The molecule has 0 aromatic heterocycles. The summed E-state index contributed by atoms with van der Waals surface area (Å²) in [6.07, 6.45) is 2.82. The summed E-state index contributed by atoms with van der Waals surface area (Å²) in [7, 11) is 1.62. The van der Waals surface area contributed by atoms with Gasteiger partial charge in [-0.1, -0.05) is 70.9 Å². The lowest BCUT2D eigenvalue weighted by molar-refractivity contribution is -0.113. The monoisotopic (exact) mass is 491 g/mol. The highest BCUT2D eigenvalue weighted by Crippen LogP contribution is 2.40. The van der Waals surface area contributed by atoms with Crippen molar-refractivity contribution < 1.29 is 14.3 Å². The van der Waals surface area contributed by atoms with Crippen LogP contribution in [0.1, 0.15) is 35.6 Å². The fraction of sp³-hybridized carbons (Fsp3) is 0.222. The van der Waals surface area contributed by atoms with Crippen molar-refractivity contribution in [3.8, 4) is 11.5 Å². The Labute approximate surface area is 197 Å². The normalized spacial score (nSPS) is 14.1. The highest BCUT2D eigenvalue weighted by molar-refractivity contribution is 9.10. The number of fused-ring (bicyclic) bond motifs is 1. The van der Waals surface area contributed by atoms with Crippen molar-refractivity contribution in [2.75, 3.05) is 18.6 Å². The van der Waals surface area contributed by atoms with Crippen LogP contribution >= 0.6 is 15.9 Å². The number of amides is 1. The molecular weight excluding hydrogens is 466 g/mol. The van der Waals surface area contributed by atoms with Crippen molar-refractivity contribution in [2.24, 2.45) is 0 Å². The highest BCUT2D eigenvalue weighted by Gasteiger charge is 2.31. The second-order valence-corrected chi connectivity index (χ2v) is 8.69. The van der Waals surface area contributed by atoms with Crippen molar-refractivity contribution in [1.29, 1.82) is 0 Å². The van der Waals surface area contributed by atoms with Crippen LogP contribution in [0, 0.1) is 6.92 Å². The molecule has 3 aromatic rings. The molecule has 0 atom stereocenters. The fourth-order valence-electron chi connectivity index (χ4n) is 3.83. The fourth-order valence-corrected chi connectivity index (χ4v) is 4.26. The Morgan fingerprint density at radius 1 is 1.03 bits per heavy atom. The number of benzene rings is 3. The molecule has 1 amide bonds. The molecule has 1 heterocycles. The number of rotatable bonds is 7. The molecule has 0 radical (unpaired) electrons. The van der Waals surface area contributed by atoms with Crippen LogP contribution in [0.15, 0.2) is 65.1 Å². The molecule has 1 aliphatic heterocycles. The SMILES string of the molecule is CCCN1C(=O)/C(=C\c2cc(OC)c(OCc3ccc(C)cc3)cc2Br)c2ccccc21. The molecule has 0 saturated carbocycles. The molecule has 3 aromatic carbocycles. The Bertz CT molecular complexity index is 1170. The number of para-hydroxylation sites is 1. The summed E-state index contributed by atoms with van der Waals surface area (Å²) in [5.41, 5.74) is 5.77. The first-order valence-electron chi connectivity index (χ1n) is 10.7. The summed E-state index contributed by atoms with van der Waals surface area (Å²) in [5, 5.41) is 0. The van der Waals surface area contributed by atoms with Gasteiger partial charge in [0.2, 0.25) is 0 Å². The summed E-state index contributed by atoms with van der Waals surface area (Å²) in [6, 6.07) is 20.0. The molecule has 1 aliphatic rings. The number of carbonyl (C=O) groups is 1. The summed E-state index contributed by atoms with van der Waals surface area (Å²) in [5.74, 6) is 1.29. The molecule has 32 heavy (non-hydrogen) atoms. The quantitative estimate of drug-likeness (QED) is 0.347. The first-order valence-corrected chi connectivity index (χ1v) is 11.5. The summed E-state index contributed by atoms with van der Waals surface area (Å²) < 4.78 is 12.5. The van der Waals surface area contributed by atoms with Crippen LogP contribution < -0.4 is 14.4 Å². The van der Waals surface area contributed by atoms with Gasteiger partial charge in [0.25, 0.3) is 5.91 Å². The maximum absolute atomic E-state index is 13.2. The molecule has 0 N–H and O–H groups in total. The van der Waals surface area contributed by atoms with E-state index in [0.717, 1.165) is 33.3 Å². The van der Waals surface area contributed by atoms with E-state index in [1.54, 1.807) is 7.11 Å². The van der Waals surface area contributed by atoms with Crippen LogP contribution in [0.2, 0.25) is 0 Å². The summed E-state index contributed by atoms with van der Waals surface area (Å²) >= 11 is 3.65. The van der Waals surface area contributed by atoms with E-state index < -0.39 is 0 Å². The van der Waals surface area contributed by atoms with Gasteiger partial charge < -0.3 is 14.4 Å². The third kappa shape index (κ3) is 4.44. The van der Waals surface area contributed by atoms with Gasteiger partial charge in [-0.25, -0.2) is 0 Å². The van der Waals surface area contributed by atoms with Gasteiger partial charge in [0.1, 0.15) is 6.61 Å². The van der Waals surface area contributed by atoms with E-state index in [9.17, 15) is 4.79 Å². The first kappa shape index (κ1) is 22.2. The lowest BCUT2D eigenvalue weighted by Crippen LogP contribution is -2.26. The molecule has 164 valence electrons. The summed E-state index contributed by atoms with van der Waals surface area (Å²) in [6.45, 7) is 5.28. The highest BCUT2D eigenvalue weighted by atomic mass is 79.9. The van der Waals surface area contributed by atoms with E-state index in [0.29, 0.717) is 30.2 Å². The summed E-state index contributed by atoms with van der Waals surface area (Å²) in [4.78, 5) is 15.0. The second kappa shape index (κ2) is 9.61. The van der Waals surface area contributed by atoms with Gasteiger partial charge >= 0.3 is 0 Å². The molecule has 0 bridgehead atoms. The van der Waals surface area contributed by atoms with Gasteiger partial charge in [0.15, 0.2) is 11.5 Å². The molecule has 0 fully saturated rings. The van der Waals surface area contributed by atoms with Crippen molar-refractivity contribution >= 4 is 39.2 Å². The Morgan fingerprint density at radius 3 is 2.50 bits per heavy atom. The average Bonchev–Trinajstić information content (AvgIpc) is 3.06. The van der Waals surface area contributed by atoms with Gasteiger partial charge in [0, 0.05) is 22.2 Å². The van der Waals surface area contributed by atoms with Crippen LogP contribution in [0.4, 0.5) is 5.69 Å². The number of ether oxygens (including phenoxy) is 2. The van der Waals surface area contributed by atoms with E-state index in [1.807, 2.05) is 47.4 Å². The van der Waals surface area contributed by atoms with Gasteiger partial charge in [-0.2, -0.15) is 0 Å². The van der Waals surface area contributed by atoms with Gasteiger partial charge in [0.05, 0.1) is 12.8 Å². The zero-order valence-corrected chi connectivity index (χ0v) is 20.1.